The Morgan fingerprint density at radius 2 is 0.804 bits per heavy atom. The van der Waals surface area contributed by atoms with Crippen LogP contribution in [0.2, 0.25) is 0 Å². The predicted molar refractivity (Wildman–Crippen MR) is 232 cm³/mol. The lowest BCUT2D eigenvalue weighted by Gasteiger charge is -2.19. The van der Waals surface area contributed by atoms with E-state index in [0.29, 0.717) is 11.4 Å². The summed E-state index contributed by atoms with van der Waals surface area (Å²) in [7, 11) is 0. The summed E-state index contributed by atoms with van der Waals surface area (Å²) in [5.41, 5.74) is 12.4. The predicted octanol–water partition coefficient (Wildman–Crippen LogP) is 13.8. The maximum Gasteiger partial charge on any atom is 0.160 e. The maximum atomic E-state index is 9.33. The molecule has 3 nitrogen and oxygen atoms in total. The Morgan fingerprint density at radius 3 is 1.41 bits per heavy atom. The standard InChI is InChI=1S/C53H33N3/c54-34-35-19-21-39(22-20-35)48-33-49(56-53(55-48)43-14-5-2-6-15-43)40-27-23-36(24-28-40)37-25-29-42(30-26-37)50-45-17-9-10-18-46(45)51(41-12-3-1-4-13-41)52-44-16-8-7-11-38(44)31-32-47(50)52/h1-33H. The van der Waals surface area contributed by atoms with E-state index in [2.05, 4.69) is 146 Å². The molecule has 260 valence electrons. The molecule has 0 radical (unpaired) electrons. The van der Waals surface area contributed by atoms with E-state index in [9.17, 15) is 5.26 Å². The first-order valence-electron chi connectivity index (χ1n) is 18.8. The minimum atomic E-state index is 0.617. The molecule has 0 N–H and O–H groups in total. The molecule has 3 heteroatoms. The van der Waals surface area contributed by atoms with Gasteiger partial charge in [-0.1, -0.05) is 182 Å². The zero-order valence-corrected chi connectivity index (χ0v) is 30.4. The number of rotatable bonds is 6. The van der Waals surface area contributed by atoms with Crippen molar-refractivity contribution in [2.45, 2.75) is 0 Å². The largest absolute Gasteiger partial charge is 0.228 e. The van der Waals surface area contributed by atoms with E-state index < -0.39 is 0 Å². The number of aromatic nitrogens is 2. The van der Waals surface area contributed by atoms with Gasteiger partial charge in [-0.25, -0.2) is 9.97 Å². The molecule has 0 atom stereocenters. The summed E-state index contributed by atoms with van der Waals surface area (Å²) >= 11 is 0. The molecule has 1 heterocycles. The van der Waals surface area contributed by atoms with Crippen LogP contribution >= 0.6 is 0 Å². The van der Waals surface area contributed by atoms with E-state index in [0.717, 1.165) is 39.2 Å². The maximum absolute atomic E-state index is 9.33. The van der Waals surface area contributed by atoms with Crippen LogP contribution in [-0.2, 0) is 0 Å². The average molecular weight is 712 g/mol. The van der Waals surface area contributed by atoms with Crippen LogP contribution in [0.15, 0.2) is 200 Å². The summed E-state index contributed by atoms with van der Waals surface area (Å²) in [6.07, 6.45) is 0. The van der Waals surface area contributed by atoms with Crippen molar-refractivity contribution >= 4 is 32.3 Å². The SMILES string of the molecule is N#Cc1ccc(-c2cc(-c3ccc(-c4ccc(-c5c6ccccc6c(-c6ccccc6)c6c5ccc5ccccc56)cc4)cc3)nc(-c3ccccc3)n2)cc1. The fourth-order valence-electron chi connectivity index (χ4n) is 8.00. The molecule has 56 heavy (non-hydrogen) atoms. The normalized spacial score (nSPS) is 11.2. The summed E-state index contributed by atoms with van der Waals surface area (Å²) in [6, 6.07) is 72.4. The van der Waals surface area contributed by atoms with Crippen molar-refractivity contribution in [3.63, 3.8) is 0 Å². The molecule has 0 spiro atoms. The van der Waals surface area contributed by atoms with E-state index in [-0.39, 0.29) is 0 Å². The number of nitrogens with zero attached hydrogens (tertiary/aromatic N) is 3. The highest BCUT2D eigenvalue weighted by molar-refractivity contribution is 6.27. The molecule has 10 aromatic rings. The summed E-state index contributed by atoms with van der Waals surface area (Å²) in [4.78, 5) is 9.94. The number of benzene rings is 9. The first-order valence-corrected chi connectivity index (χ1v) is 18.8. The van der Waals surface area contributed by atoms with Crippen LogP contribution in [0.5, 0.6) is 0 Å². The van der Waals surface area contributed by atoms with Crippen LogP contribution < -0.4 is 0 Å². The highest BCUT2D eigenvalue weighted by atomic mass is 14.9. The van der Waals surface area contributed by atoms with Crippen molar-refractivity contribution in [3.05, 3.63) is 206 Å². The molecule has 0 amide bonds. The van der Waals surface area contributed by atoms with Gasteiger partial charge in [-0.3, -0.25) is 0 Å². The van der Waals surface area contributed by atoms with Gasteiger partial charge in [0.05, 0.1) is 23.0 Å². The molecular weight excluding hydrogens is 679 g/mol. The van der Waals surface area contributed by atoms with Crippen molar-refractivity contribution < 1.29 is 0 Å². The summed E-state index contributed by atoms with van der Waals surface area (Å²) in [5, 5.41) is 16.9. The van der Waals surface area contributed by atoms with Crippen LogP contribution in [-0.4, -0.2) is 9.97 Å². The highest BCUT2D eigenvalue weighted by Gasteiger charge is 2.19. The van der Waals surface area contributed by atoms with Gasteiger partial charge in [0.25, 0.3) is 0 Å². The second kappa shape index (κ2) is 14.0. The van der Waals surface area contributed by atoms with E-state index in [1.54, 1.807) is 0 Å². The van der Waals surface area contributed by atoms with Gasteiger partial charge in [-0.2, -0.15) is 5.26 Å². The average Bonchev–Trinajstić information content (AvgIpc) is 3.28. The van der Waals surface area contributed by atoms with Crippen LogP contribution in [0.25, 0.3) is 99.6 Å². The second-order valence-electron chi connectivity index (χ2n) is 14.0. The molecule has 0 fully saturated rings. The Bertz CT molecular complexity index is 3090. The minimum Gasteiger partial charge on any atom is -0.228 e. The fourth-order valence-corrected chi connectivity index (χ4v) is 8.00. The lowest BCUT2D eigenvalue weighted by molar-refractivity contribution is 1.18. The van der Waals surface area contributed by atoms with Gasteiger partial charge in [-0.05, 0) is 83.9 Å². The second-order valence-corrected chi connectivity index (χ2v) is 14.0. The molecule has 0 unspecified atom stereocenters. The van der Waals surface area contributed by atoms with Gasteiger partial charge in [-0.15, -0.1) is 0 Å². The fraction of sp³-hybridized carbons (Fsp3) is 0. The summed E-state index contributed by atoms with van der Waals surface area (Å²) < 4.78 is 0. The first-order chi connectivity index (χ1) is 27.7. The van der Waals surface area contributed by atoms with Gasteiger partial charge in [0.2, 0.25) is 0 Å². The van der Waals surface area contributed by atoms with Gasteiger partial charge in [0, 0.05) is 16.7 Å². The van der Waals surface area contributed by atoms with Crippen molar-refractivity contribution in [1.29, 1.82) is 5.26 Å². The summed E-state index contributed by atoms with van der Waals surface area (Å²) in [5.74, 6) is 0.659. The van der Waals surface area contributed by atoms with E-state index >= 15 is 0 Å². The van der Waals surface area contributed by atoms with Crippen molar-refractivity contribution in [2.24, 2.45) is 0 Å². The third-order valence-electron chi connectivity index (χ3n) is 10.7. The third kappa shape index (κ3) is 5.87. The molecule has 0 aliphatic carbocycles. The molecule has 0 saturated carbocycles. The molecule has 0 aliphatic rings. The third-order valence-corrected chi connectivity index (χ3v) is 10.7. The Labute approximate surface area is 325 Å². The number of hydrogen-bond donors (Lipinski definition) is 0. The monoisotopic (exact) mass is 711 g/mol. The molecule has 0 aliphatic heterocycles. The van der Waals surface area contributed by atoms with Gasteiger partial charge < -0.3 is 0 Å². The lowest BCUT2D eigenvalue weighted by Crippen LogP contribution is -1.96. The van der Waals surface area contributed by atoms with Gasteiger partial charge in [0.15, 0.2) is 5.82 Å². The van der Waals surface area contributed by atoms with Crippen molar-refractivity contribution in [1.82, 2.24) is 9.97 Å². The smallest absolute Gasteiger partial charge is 0.160 e. The summed E-state index contributed by atoms with van der Waals surface area (Å²) in [6.45, 7) is 0. The van der Waals surface area contributed by atoms with E-state index in [1.165, 1.54) is 54.6 Å². The molecular formula is C53H33N3. The van der Waals surface area contributed by atoms with Crippen molar-refractivity contribution in [3.8, 4) is 73.4 Å². The topological polar surface area (TPSA) is 49.6 Å². The number of nitriles is 1. The first kappa shape index (κ1) is 32.9. The molecule has 10 rings (SSSR count). The molecule has 0 bridgehead atoms. The Kier molecular flexibility index (Phi) is 8.21. The zero-order chi connectivity index (χ0) is 37.4. The van der Waals surface area contributed by atoms with Crippen molar-refractivity contribution in [2.75, 3.05) is 0 Å². The zero-order valence-electron chi connectivity index (χ0n) is 30.4. The van der Waals surface area contributed by atoms with Crippen LogP contribution in [0.1, 0.15) is 5.56 Å². The minimum absolute atomic E-state index is 0.617. The van der Waals surface area contributed by atoms with Crippen LogP contribution in [0.3, 0.4) is 0 Å². The lowest BCUT2D eigenvalue weighted by atomic mass is 9.84. The van der Waals surface area contributed by atoms with Gasteiger partial charge >= 0.3 is 0 Å². The van der Waals surface area contributed by atoms with Gasteiger partial charge in [0.1, 0.15) is 0 Å². The van der Waals surface area contributed by atoms with Crippen LogP contribution in [0.4, 0.5) is 0 Å². The molecule has 1 aromatic heterocycles. The molecule has 0 saturated heterocycles. The Morgan fingerprint density at radius 1 is 0.339 bits per heavy atom. The Balaban J connectivity index is 1.05. The Hall–Kier alpha value is -7.67. The van der Waals surface area contributed by atoms with E-state index in [4.69, 9.17) is 9.97 Å². The quantitative estimate of drug-likeness (QED) is 0.127. The number of fused-ring (bicyclic) bond motifs is 4. The molecule has 9 aromatic carbocycles. The van der Waals surface area contributed by atoms with Crippen LogP contribution in [0, 0.1) is 11.3 Å². The van der Waals surface area contributed by atoms with E-state index in [1.807, 2.05) is 60.7 Å². The highest BCUT2D eigenvalue weighted by Crippen LogP contribution is 2.46. The number of hydrogen-bond acceptors (Lipinski definition) is 3.